The molecular formula is C26H40N2O7. The molecule has 0 saturated carbocycles. The van der Waals surface area contributed by atoms with E-state index in [-0.39, 0.29) is 30.3 Å². The molecule has 2 atom stereocenters. The summed E-state index contributed by atoms with van der Waals surface area (Å²) < 4.78 is 21.7. The molecule has 0 N–H and O–H groups in total. The Morgan fingerprint density at radius 3 is 2.43 bits per heavy atom. The lowest BCUT2D eigenvalue weighted by atomic mass is 9.96. The third-order valence-corrected chi connectivity index (χ3v) is 5.79. The molecule has 0 aliphatic carbocycles. The van der Waals surface area contributed by atoms with Crippen LogP contribution in [0.5, 0.6) is 11.5 Å². The molecule has 1 aromatic rings. The van der Waals surface area contributed by atoms with Crippen molar-refractivity contribution in [2.24, 2.45) is 11.8 Å². The van der Waals surface area contributed by atoms with Gasteiger partial charge in [0.05, 0.1) is 13.7 Å². The first kappa shape index (κ1) is 28.4. The van der Waals surface area contributed by atoms with Crippen LogP contribution in [-0.2, 0) is 14.3 Å². The number of carbonyl (C=O) groups is 3. The molecule has 2 amide bonds. The molecule has 9 nitrogen and oxygen atoms in total. The summed E-state index contributed by atoms with van der Waals surface area (Å²) in [6.07, 6.45) is 1.13. The number of benzene rings is 1. The number of carbonyl (C=O) groups excluding carboxylic acids is 3. The molecule has 35 heavy (non-hydrogen) atoms. The molecule has 9 heteroatoms. The highest BCUT2D eigenvalue weighted by Gasteiger charge is 2.39. The standard InChI is InChI=1S/C26H40N2O7/c1-18(2)28(16-20-14-27(15-21(20)17-29)25(31)35-26(3,4)5)24(30)19-9-10-22(33-7)23(13-19)34-12-8-11-32-6/h9-10,13,17-18,20-21H,8,11-12,14-16H2,1-7H3/t20-,21?/m0/s1. The number of ether oxygens (including phenoxy) is 4. The topological polar surface area (TPSA) is 94.6 Å². The first-order chi connectivity index (χ1) is 16.5. The van der Waals surface area contributed by atoms with E-state index in [0.29, 0.717) is 49.8 Å². The van der Waals surface area contributed by atoms with Crippen LogP contribution in [0.2, 0.25) is 0 Å². The Balaban J connectivity index is 2.17. The summed E-state index contributed by atoms with van der Waals surface area (Å²) in [4.78, 5) is 41.1. The van der Waals surface area contributed by atoms with E-state index in [0.717, 1.165) is 6.29 Å². The van der Waals surface area contributed by atoms with Gasteiger partial charge in [-0.3, -0.25) is 4.79 Å². The molecule has 0 aromatic heterocycles. The Bertz CT molecular complexity index is 866. The van der Waals surface area contributed by atoms with Crippen molar-refractivity contribution in [2.45, 2.75) is 52.7 Å². The fourth-order valence-electron chi connectivity index (χ4n) is 3.97. The van der Waals surface area contributed by atoms with E-state index in [9.17, 15) is 14.4 Å². The minimum Gasteiger partial charge on any atom is -0.493 e. The van der Waals surface area contributed by atoms with Crippen LogP contribution in [0, 0.1) is 11.8 Å². The van der Waals surface area contributed by atoms with Gasteiger partial charge in [0.2, 0.25) is 0 Å². The Labute approximate surface area is 208 Å². The van der Waals surface area contributed by atoms with Gasteiger partial charge < -0.3 is 33.5 Å². The van der Waals surface area contributed by atoms with Gasteiger partial charge in [0.15, 0.2) is 11.5 Å². The third-order valence-electron chi connectivity index (χ3n) is 5.79. The lowest BCUT2D eigenvalue weighted by Gasteiger charge is -2.31. The number of hydrogen-bond donors (Lipinski definition) is 0. The Hall–Kier alpha value is -2.81. The predicted octanol–water partition coefficient (Wildman–Crippen LogP) is 3.64. The normalized spacial score (nSPS) is 17.9. The smallest absolute Gasteiger partial charge is 0.410 e. The molecule has 0 radical (unpaired) electrons. The van der Waals surface area contributed by atoms with E-state index in [1.165, 1.54) is 0 Å². The first-order valence-electron chi connectivity index (χ1n) is 12.0. The van der Waals surface area contributed by atoms with E-state index in [1.807, 2.05) is 13.8 Å². The van der Waals surface area contributed by atoms with Gasteiger partial charge in [-0.25, -0.2) is 4.79 Å². The van der Waals surface area contributed by atoms with Crippen molar-refractivity contribution in [2.75, 3.05) is 47.1 Å². The van der Waals surface area contributed by atoms with Gasteiger partial charge in [-0.1, -0.05) is 0 Å². The second kappa shape index (κ2) is 12.8. The summed E-state index contributed by atoms with van der Waals surface area (Å²) in [6, 6.07) is 4.99. The van der Waals surface area contributed by atoms with Crippen LogP contribution < -0.4 is 9.47 Å². The summed E-state index contributed by atoms with van der Waals surface area (Å²) in [5.41, 5.74) is -0.158. The zero-order valence-electron chi connectivity index (χ0n) is 22.0. The number of methoxy groups -OCH3 is 2. The summed E-state index contributed by atoms with van der Waals surface area (Å²) in [5.74, 6) is 0.298. The lowest BCUT2D eigenvalue weighted by Crippen LogP contribution is -2.42. The highest BCUT2D eigenvalue weighted by Crippen LogP contribution is 2.30. The molecule has 1 heterocycles. The van der Waals surface area contributed by atoms with Crippen molar-refractivity contribution < 1.29 is 33.3 Å². The minimum absolute atomic E-state index is 0.112. The maximum absolute atomic E-state index is 13.5. The Kier molecular flexibility index (Phi) is 10.4. The number of rotatable bonds is 11. The van der Waals surface area contributed by atoms with Crippen molar-refractivity contribution in [3.8, 4) is 11.5 Å². The number of aldehydes is 1. The van der Waals surface area contributed by atoms with Crippen LogP contribution >= 0.6 is 0 Å². The van der Waals surface area contributed by atoms with Crippen LogP contribution in [0.15, 0.2) is 18.2 Å². The minimum atomic E-state index is -0.622. The lowest BCUT2D eigenvalue weighted by molar-refractivity contribution is -0.111. The van der Waals surface area contributed by atoms with Crippen molar-refractivity contribution in [1.82, 2.24) is 9.80 Å². The highest BCUT2D eigenvalue weighted by atomic mass is 16.6. The SMILES string of the molecule is COCCCOc1cc(C(=O)N(C[C@@H]2CN(C(=O)OC(C)(C)C)CC2C=O)C(C)C)ccc1OC. The second-order valence-corrected chi connectivity index (χ2v) is 10.1. The Morgan fingerprint density at radius 1 is 1.14 bits per heavy atom. The van der Waals surface area contributed by atoms with Crippen LogP contribution in [0.4, 0.5) is 4.79 Å². The number of hydrogen-bond acceptors (Lipinski definition) is 7. The number of likely N-dealkylation sites (tertiary alicyclic amines) is 1. The zero-order valence-corrected chi connectivity index (χ0v) is 22.0. The predicted molar refractivity (Wildman–Crippen MR) is 132 cm³/mol. The molecule has 0 bridgehead atoms. The average Bonchev–Trinajstić information content (AvgIpc) is 3.21. The van der Waals surface area contributed by atoms with Gasteiger partial charge >= 0.3 is 6.09 Å². The van der Waals surface area contributed by atoms with E-state index >= 15 is 0 Å². The molecule has 196 valence electrons. The van der Waals surface area contributed by atoms with Crippen molar-refractivity contribution in [3.63, 3.8) is 0 Å². The van der Waals surface area contributed by atoms with Gasteiger partial charge in [-0.05, 0) is 52.8 Å². The second-order valence-electron chi connectivity index (χ2n) is 10.1. The van der Waals surface area contributed by atoms with Crippen molar-refractivity contribution in [1.29, 1.82) is 0 Å². The molecular weight excluding hydrogens is 452 g/mol. The van der Waals surface area contributed by atoms with Crippen molar-refractivity contribution in [3.05, 3.63) is 23.8 Å². The fourth-order valence-corrected chi connectivity index (χ4v) is 3.97. The molecule has 2 rings (SSSR count). The van der Waals surface area contributed by atoms with Gasteiger partial charge in [0.25, 0.3) is 5.91 Å². The number of amides is 2. The van der Waals surface area contributed by atoms with E-state index in [2.05, 4.69) is 0 Å². The average molecular weight is 493 g/mol. The monoisotopic (exact) mass is 492 g/mol. The molecule has 1 unspecified atom stereocenters. The third kappa shape index (κ3) is 8.13. The van der Waals surface area contributed by atoms with Crippen LogP contribution in [0.1, 0.15) is 51.4 Å². The Morgan fingerprint density at radius 2 is 1.86 bits per heavy atom. The molecule has 0 spiro atoms. The molecule has 1 aromatic carbocycles. The first-order valence-corrected chi connectivity index (χ1v) is 12.0. The zero-order chi connectivity index (χ0) is 26.2. The summed E-state index contributed by atoms with van der Waals surface area (Å²) in [5, 5.41) is 0. The van der Waals surface area contributed by atoms with Gasteiger partial charge in [0, 0.05) is 63.2 Å². The van der Waals surface area contributed by atoms with E-state index in [4.69, 9.17) is 18.9 Å². The summed E-state index contributed by atoms with van der Waals surface area (Å²) >= 11 is 0. The van der Waals surface area contributed by atoms with Gasteiger partial charge in [0.1, 0.15) is 11.9 Å². The molecule has 1 aliphatic heterocycles. The highest BCUT2D eigenvalue weighted by molar-refractivity contribution is 5.95. The van der Waals surface area contributed by atoms with Gasteiger partial charge in [-0.15, -0.1) is 0 Å². The van der Waals surface area contributed by atoms with Crippen molar-refractivity contribution >= 4 is 18.3 Å². The van der Waals surface area contributed by atoms with Crippen LogP contribution in [0.25, 0.3) is 0 Å². The molecule has 1 aliphatic rings. The van der Waals surface area contributed by atoms with Crippen LogP contribution in [0.3, 0.4) is 0 Å². The van der Waals surface area contributed by atoms with Crippen LogP contribution in [-0.4, -0.2) is 86.8 Å². The summed E-state index contributed by atoms with van der Waals surface area (Å²) in [7, 11) is 3.18. The maximum atomic E-state index is 13.5. The van der Waals surface area contributed by atoms with Gasteiger partial charge in [-0.2, -0.15) is 0 Å². The quantitative estimate of drug-likeness (QED) is 0.344. The number of nitrogens with zero attached hydrogens (tertiary/aromatic N) is 2. The molecule has 1 fully saturated rings. The maximum Gasteiger partial charge on any atom is 0.410 e. The fraction of sp³-hybridized carbons (Fsp3) is 0.654. The summed E-state index contributed by atoms with van der Waals surface area (Å²) in [6.45, 7) is 11.3. The molecule has 1 saturated heterocycles. The largest absolute Gasteiger partial charge is 0.493 e. The van der Waals surface area contributed by atoms with E-state index < -0.39 is 11.7 Å². The van der Waals surface area contributed by atoms with E-state index in [1.54, 1.807) is 63.0 Å².